The largest absolute Gasteiger partial charge is 0.385 e. The maximum Gasteiger partial charge on any atom is 0.133 e. The van der Waals surface area contributed by atoms with Gasteiger partial charge in [0.1, 0.15) is 11.0 Å². The lowest BCUT2D eigenvalue weighted by molar-refractivity contribution is 0.194. The van der Waals surface area contributed by atoms with Gasteiger partial charge in [-0.2, -0.15) is 0 Å². The summed E-state index contributed by atoms with van der Waals surface area (Å²) in [6.07, 6.45) is 1.74. The highest BCUT2D eigenvalue weighted by molar-refractivity contribution is 6.29. The van der Waals surface area contributed by atoms with E-state index in [1.54, 1.807) is 13.2 Å². The average Bonchev–Trinajstić information content (AvgIpc) is 2.03. The summed E-state index contributed by atoms with van der Waals surface area (Å²) < 4.78 is 4.94. The molecule has 0 amide bonds. The van der Waals surface area contributed by atoms with Crippen LogP contribution in [0.5, 0.6) is 0 Å². The summed E-state index contributed by atoms with van der Waals surface area (Å²) in [4.78, 5) is 8.36. The molecule has 0 spiro atoms. The number of aromatic nitrogens is 2. The first-order valence-electron chi connectivity index (χ1n) is 4.21. The number of methoxy groups -OCH3 is 1. The summed E-state index contributed by atoms with van der Waals surface area (Å²) >= 11 is 5.78. The third-order valence-electron chi connectivity index (χ3n) is 1.62. The number of ether oxygens (including phenoxy) is 1. The van der Waals surface area contributed by atoms with Crippen molar-refractivity contribution in [2.75, 3.05) is 13.7 Å². The van der Waals surface area contributed by atoms with Gasteiger partial charge in [-0.05, 0) is 19.4 Å². The minimum atomic E-state index is 0.514. The standard InChI is InChI=1S/C9H13ClN2O/c1-7-6-8(10)12-9(11-7)4-3-5-13-2/h6H,3-5H2,1-2H3. The maximum absolute atomic E-state index is 5.78. The van der Waals surface area contributed by atoms with Crippen molar-refractivity contribution in [2.24, 2.45) is 0 Å². The first-order valence-corrected chi connectivity index (χ1v) is 4.59. The number of hydrogen-bond donors (Lipinski definition) is 0. The second kappa shape index (κ2) is 5.14. The Morgan fingerprint density at radius 2 is 2.23 bits per heavy atom. The van der Waals surface area contributed by atoms with Gasteiger partial charge in [-0.3, -0.25) is 0 Å². The van der Waals surface area contributed by atoms with Gasteiger partial charge in [0.15, 0.2) is 0 Å². The van der Waals surface area contributed by atoms with E-state index in [0.29, 0.717) is 5.15 Å². The Bertz CT molecular complexity index is 258. The zero-order valence-corrected chi connectivity index (χ0v) is 8.64. The Kier molecular flexibility index (Phi) is 4.12. The van der Waals surface area contributed by atoms with Crippen molar-refractivity contribution in [3.8, 4) is 0 Å². The number of rotatable bonds is 4. The van der Waals surface area contributed by atoms with Crippen LogP contribution < -0.4 is 0 Å². The zero-order chi connectivity index (χ0) is 9.68. The lowest BCUT2D eigenvalue weighted by Gasteiger charge is -2.01. The van der Waals surface area contributed by atoms with Gasteiger partial charge in [0, 0.05) is 25.8 Å². The highest BCUT2D eigenvalue weighted by atomic mass is 35.5. The molecule has 13 heavy (non-hydrogen) atoms. The molecule has 1 rings (SSSR count). The molecule has 0 radical (unpaired) electrons. The van der Waals surface area contributed by atoms with Gasteiger partial charge in [0.25, 0.3) is 0 Å². The van der Waals surface area contributed by atoms with Gasteiger partial charge >= 0.3 is 0 Å². The molecule has 0 bridgehead atoms. The summed E-state index contributed by atoms with van der Waals surface area (Å²) in [5.41, 5.74) is 0.910. The fourth-order valence-corrected chi connectivity index (χ4v) is 1.33. The quantitative estimate of drug-likeness (QED) is 0.551. The van der Waals surface area contributed by atoms with Crippen molar-refractivity contribution in [1.29, 1.82) is 0 Å². The van der Waals surface area contributed by atoms with Gasteiger partial charge in [-0.1, -0.05) is 11.6 Å². The van der Waals surface area contributed by atoms with Crippen LogP contribution in [0.2, 0.25) is 5.15 Å². The van der Waals surface area contributed by atoms with Crippen molar-refractivity contribution >= 4 is 11.6 Å². The minimum Gasteiger partial charge on any atom is -0.385 e. The fourth-order valence-electron chi connectivity index (χ4n) is 1.08. The molecule has 0 aliphatic heterocycles. The van der Waals surface area contributed by atoms with Crippen LogP contribution in [-0.2, 0) is 11.2 Å². The van der Waals surface area contributed by atoms with Crippen molar-refractivity contribution in [2.45, 2.75) is 19.8 Å². The lowest BCUT2D eigenvalue weighted by Crippen LogP contribution is -1.99. The molecule has 4 heteroatoms. The van der Waals surface area contributed by atoms with Gasteiger partial charge in [-0.15, -0.1) is 0 Å². The second-order valence-electron chi connectivity index (χ2n) is 2.84. The SMILES string of the molecule is COCCCc1nc(C)cc(Cl)n1. The Balaban J connectivity index is 2.56. The van der Waals surface area contributed by atoms with E-state index in [2.05, 4.69) is 9.97 Å². The molecular formula is C9H13ClN2O. The lowest BCUT2D eigenvalue weighted by atomic mass is 10.3. The van der Waals surface area contributed by atoms with Crippen molar-refractivity contribution in [3.05, 3.63) is 22.7 Å². The van der Waals surface area contributed by atoms with Crippen LogP contribution in [0, 0.1) is 6.92 Å². The Morgan fingerprint density at radius 1 is 1.46 bits per heavy atom. The number of nitrogens with zero attached hydrogens (tertiary/aromatic N) is 2. The third kappa shape index (κ3) is 3.70. The van der Waals surface area contributed by atoms with Gasteiger partial charge in [-0.25, -0.2) is 9.97 Å². The molecule has 72 valence electrons. The van der Waals surface area contributed by atoms with Crippen molar-refractivity contribution < 1.29 is 4.74 Å². The van der Waals surface area contributed by atoms with Crippen LogP contribution in [0.25, 0.3) is 0 Å². The molecule has 0 saturated carbocycles. The minimum absolute atomic E-state index is 0.514. The van der Waals surface area contributed by atoms with Crippen molar-refractivity contribution in [1.82, 2.24) is 9.97 Å². The number of halogens is 1. The van der Waals surface area contributed by atoms with Gasteiger partial charge < -0.3 is 4.74 Å². The van der Waals surface area contributed by atoms with E-state index in [1.165, 1.54) is 0 Å². The summed E-state index contributed by atoms with van der Waals surface area (Å²) in [7, 11) is 1.68. The van der Waals surface area contributed by atoms with Gasteiger partial charge in [0.05, 0.1) is 0 Å². The summed E-state index contributed by atoms with van der Waals surface area (Å²) in [5, 5.41) is 0.514. The van der Waals surface area contributed by atoms with E-state index in [4.69, 9.17) is 16.3 Å². The highest BCUT2D eigenvalue weighted by Crippen LogP contribution is 2.07. The van der Waals surface area contributed by atoms with E-state index in [9.17, 15) is 0 Å². The van der Waals surface area contributed by atoms with Crippen LogP contribution in [0.15, 0.2) is 6.07 Å². The molecule has 0 atom stereocenters. The molecule has 0 fully saturated rings. The van der Waals surface area contributed by atoms with Crippen LogP contribution in [0.1, 0.15) is 17.9 Å². The molecule has 0 aromatic carbocycles. The van der Waals surface area contributed by atoms with E-state index in [-0.39, 0.29) is 0 Å². The molecular weight excluding hydrogens is 188 g/mol. The first kappa shape index (κ1) is 10.4. The topological polar surface area (TPSA) is 35.0 Å². The molecule has 0 saturated heterocycles. The summed E-state index contributed by atoms with van der Waals surface area (Å²) in [6.45, 7) is 2.64. The predicted octanol–water partition coefficient (Wildman–Crippen LogP) is 2.02. The monoisotopic (exact) mass is 200 g/mol. The molecule has 0 N–H and O–H groups in total. The molecule has 1 heterocycles. The van der Waals surface area contributed by atoms with Crippen LogP contribution >= 0.6 is 11.6 Å². The Morgan fingerprint density at radius 3 is 2.85 bits per heavy atom. The van der Waals surface area contributed by atoms with Crippen LogP contribution in [0.4, 0.5) is 0 Å². The number of hydrogen-bond acceptors (Lipinski definition) is 3. The summed E-state index contributed by atoms with van der Waals surface area (Å²) in [5.74, 6) is 0.794. The third-order valence-corrected chi connectivity index (χ3v) is 1.81. The predicted molar refractivity (Wildman–Crippen MR) is 52.0 cm³/mol. The fraction of sp³-hybridized carbons (Fsp3) is 0.556. The molecule has 3 nitrogen and oxygen atoms in total. The molecule has 0 aliphatic carbocycles. The zero-order valence-electron chi connectivity index (χ0n) is 7.88. The van der Waals surface area contributed by atoms with E-state index >= 15 is 0 Å². The Labute approximate surface area is 83.1 Å². The second-order valence-corrected chi connectivity index (χ2v) is 3.23. The van der Waals surface area contributed by atoms with Gasteiger partial charge in [0.2, 0.25) is 0 Å². The molecule has 1 aromatic rings. The van der Waals surface area contributed by atoms with Crippen molar-refractivity contribution in [3.63, 3.8) is 0 Å². The Hall–Kier alpha value is -0.670. The molecule has 1 aromatic heterocycles. The maximum atomic E-state index is 5.78. The normalized spacial score (nSPS) is 10.4. The summed E-state index contributed by atoms with van der Waals surface area (Å²) in [6, 6.07) is 1.75. The van der Waals surface area contributed by atoms with E-state index in [1.807, 2.05) is 6.92 Å². The number of aryl methyl sites for hydroxylation is 2. The van der Waals surface area contributed by atoms with Crippen LogP contribution in [0.3, 0.4) is 0 Å². The smallest absolute Gasteiger partial charge is 0.133 e. The van der Waals surface area contributed by atoms with E-state index < -0.39 is 0 Å². The molecule has 0 unspecified atom stereocenters. The highest BCUT2D eigenvalue weighted by Gasteiger charge is 1.99. The average molecular weight is 201 g/mol. The van der Waals surface area contributed by atoms with E-state index in [0.717, 1.165) is 31.0 Å². The molecule has 0 aliphatic rings. The van der Waals surface area contributed by atoms with Crippen LogP contribution in [-0.4, -0.2) is 23.7 Å². The first-order chi connectivity index (χ1) is 6.22.